The molecule has 0 aromatic heterocycles. The van der Waals surface area contributed by atoms with Crippen LogP contribution >= 0.6 is 0 Å². The number of amides is 2. The zero-order valence-electron chi connectivity index (χ0n) is 16.3. The highest BCUT2D eigenvalue weighted by atomic mass is 16.5. The Hall–Kier alpha value is -2.21. The summed E-state index contributed by atoms with van der Waals surface area (Å²) < 4.78 is 5.24. The first kappa shape index (κ1) is 19.5. The lowest BCUT2D eigenvalue weighted by Gasteiger charge is -2.27. The molecule has 1 aromatic rings. The van der Waals surface area contributed by atoms with Gasteiger partial charge in [0.1, 0.15) is 11.7 Å². The van der Waals surface area contributed by atoms with E-state index in [1.54, 1.807) is 4.90 Å². The van der Waals surface area contributed by atoms with Gasteiger partial charge < -0.3 is 15.0 Å². The van der Waals surface area contributed by atoms with Crippen molar-refractivity contribution in [3.05, 3.63) is 34.4 Å². The first-order chi connectivity index (χ1) is 12.9. The van der Waals surface area contributed by atoms with Gasteiger partial charge in [0, 0.05) is 32.0 Å². The number of Topliss-reactive ketones (excluding diaryl/α,β-unsaturated/α-hetero) is 2. The SMILES string of the molecule is Cc1cc(C)c(C2C(=O)CC(CCNC(=O)N3CCOCC3)C2=O)c(C)c1. The van der Waals surface area contributed by atoms with Gasteiger partial charge in [0.25, 0.3) is 0 Å². The van der Waals surface area contributed by atoms with E-state index in [4.69, 9.17) is 4.74 Å². The minimum absolute atomic E-state index is 0.000408. The Morgan fingerprint density at radius 3 is 2.41 bits per heavy atom. The predicted octanol–water partition coefficient (Wildman–Crippen LogP) is 2.29. The minimum Gasteiger partial charge on any atom is -0.378 e. The van der Waals surface area contributed by atoms with E-state index in [2.05, 4.69) is 5.32 Å². The summed E-state index contributed by atoms with van der Waals surface area (Å²) in [5, 5.41) is 2.87. The van der Waals surface area contributed by atoms with Crippen LogP contribution in [0.3, 0.4) is 0 Å². The molecule has 146 valence electrons. The van der Waals surface area contributed by atoms with Gasteiger partial charge in [0.05, 0.1) is 13.2 Å². The van der Waals surface area contributed by atoms with Crippen molar-refractivity contribution in [1.29, 1.82) is 0 Å². The summed E-state index contributed by atoms with van der Waals surface area (Å²) in [6.07, 6.45) is 0.769. The van der Waals surface area contributed by atoms with Crippen molar-refractivity contribution in [3.8, 4) is 0 Å². The molecule has 2 amide bonds. The summed E-state index contributed by atoms with van der Waals surface area (Å²) in [6.45, 7) is 8.62. The average molecular weight is 372 g/mol. The number of aryl methyl sites for hydroxylation is 3. The van der Waals surface area contributed by atoms with E-state index < -0.39 is 5.92 Å². The lowest BCUT2D eigenvalue weighted by Crippen LogP contribution is -2.46. The van der Waals surface area contributed by atoms with E-state index in [9.17, 15) is 14.4 Å². The third kappa shape index (κ3) is 4.21. The fraction of sp³-hybridized carbons (Fsp3) is 0.571. The first-order valence-corrected chi connectivity index (χ1v) is 9.63. The summed E-state index contributed by atoms with van der Waals surface area (Å²) >= 11 is 0. The van der Waals surface area contributed by atoms with Crippen LogP contribution in [-0.2, 0) is 14.3 Å². The first-order valence-electron chi connectivity index (χ1n) is 9.63. The average Bonchev–Trinajstić information content (AvgIpc) is 2.89. The standard InChI is InChI=1S/C21H28N2O4/c1-13-10-14(2)18(15(3)11-13)19-17(24)12-16(20(19)25)4-5-22-21(26)23-6-8-27-9-7-23/h10-11,16,19H,4-9,12H2,1-3H3,(H,22,26). The lowest BCUT2D eigenvalue weighted by atomic mass is 9.86. The number of nitrogens with zero attached hydrogens (tertiary/aromatic N) is 1. The molecule has 1 aliphatic heterocycles. The number of morpholine rings is 1. The van der Waals surface area contributed by atoms with Gasteiger partial charge in [-0.1, -0.05) is 17.7 Å². The Morgan fingerprint density at radius 1 is 1.15 bits per heavy atom. The summed E-state index contributed by atoms with van der Waals surface area (Å²) in [6, 6.07) is 3.93. The van der Waals surface area contributed by atoms with Crippen molar-refractivity contribution >= 4 is 17.6 Å². The minimum atomic E-state index is -0.648. The van der Waals surface area contributed by atoms with Crippen LogP contribution in [0.15, 0.2) is 12.1 Å². The smallest absolute Gasteiger partial charge is 0.317 e. The van der Waals surface area contributed by atoms with Gasteiger partial charge in [-0.05, 0) is 43.9 Å². The molecule has 1 aliphatic carbocycles. The van der Waals surface area contributed by atoms with Crippen LogP contribution in [0.25, 0.3) is 0 Å². The Labute approximate surface area is 160 Å². The molecule has 0 bridgehead atoms. The molecular weight excluding hydrogens is 344 g/mol. The van der Waals surface area contributed by atoms with Crippen molar-refractivity contribution < 1.29 is 19.1 Å². The number of urea groups is 1. The molecule has 1 N–H and O–H groups in total. The molecule has 0 spiro atoms. The number of hydrogen-bond acceptors (Lipinski definition) is 4. The molecule has 0 radical (unpaired) electrons. The molecule has 2 unspecified atom stereocenters. The van der Waals surface area contributed by atoms with Crippen molar-refractivity contribution in [2.75, 3.05) is 32.8 Å². The molecule has 27 heavy (non-hydrogen) atoms. The number of carbonyl (C=O) groups excluding carboxylic acids is 3. The van der Waals surface area contributed by atoms with Crippen LogP contribution in [0.4, 0.5) is 4.79 Å². The maximum Gasteiger partial charge on any atom is 0.317 e. The Bertz CT molecular complexity index is 730. The largest absolute Gasteiger partial charge is 0.378 e. The Morgan fingerprint density at radius 2 is 1.78 bits per heavy atom. The molecule has 3 rings (SSSR count). The Kier molecular flexibility index (Phi) is 5.95. The molecule has 2 aliphatic rings. The van der Waals surface area contributed by atoms with Crippen LogP contribution in [0.1, 0.15) is 41.0 Å². The monoisotopic (exact) mass is 372 g/mol. The van der Waals surface area contributed by atoms with Gasteiger partial charge in [-0.25, -0.2) is 4.79 Å². The highest BCUT2D eigenvalue weighted by molar-refractivity contribution is 6.15. The van der Waals surface area contributed by atoms with E-state index in [1.165, 1.54) is 0 Å². The lowest BCUT2D eigenvalue weighted by molar-refractivity contribution is -0.124. The van der Waals surface area contributed by atoms with Crippen molar-refractivity contribution in [2.24, 2.45) is 5.92 Å². The number of nitrogens with one attached hydrogen (secondary N) is 1. The van der Waals surface area contributed by atoms with E-state index in [1.807, 2.05) is 32.9 Å². The van der Waals surface area contributed by atoms with Gasteiger partial charge in [-0.15, -0.1) is 0 Å². The number of rotatable bonds is 4. The number of hydrogen-bond donors (Lipinski definition) is 1. The topological polar surface area (TPSA) is 75.7 Å². The van der Waals surface area contributed by atoms with Gasteiger partial charge in [-0.3, -0.25) is 9.59 Å². The van der Waals surface area contributed by atoms with E-state index in [0.717, 1.165) is 22.3 Å². The summed E-state index contributed by atoms with van der Waals surface area (Å²) in [4.78, 5) is 39.4. The number of ketones is 2. The van der Waals surface area contributed by atoms with Gasteiger partial charge in [0.15, 0.2) is 5.78 Å². The van der Waals surface area contributed by atoms with Crippen molar-refractivity contribution in [2.45, 2.75) is 39.5 Å². The van der Waals surface area contributed by atoms with Crippen LogP contribution in [0.5, 0.6) is 0 Å². The van der Waals surface area contributed by atoms with E-state index in [-0.39, 0.29) is 29.9 Å². The second-order valence-electron chi connectivity index (χ2n) is 7.64. The fourth-order valence-electron chi connectivity index (χ4n) is 4.28. The third-order valence-electron chi connectivity index (χ3n) is 5.55. The molecule has 1 saturated carbocycles. The van der Waals surface area contributed by atoms with Crippen LogP contribution in [0.2, 0.25) is 0 Å². The second-order valence-corrected chi connectivity index (χ2v) is 7.64. The fourth-order valence-corrected chi connectivity index (χ4v) is 4.28. The maximum absolute atomic E-state index is 12.9. The zero-order valence-corrected chi connectivity index (χ0v) is 16.3. The number of ether oxygens (including phenoxy) is 1. The molecule has 2 fully saturated rings. The van der Waals surface area contributed by atoms with Gasteiger partial charge in [0.2, 0.25) is 0 Å². The van der Waals surface area contributed by atoms with Crippen molar-refractivity contribution in [1.82, 2.24) is 10.2 Å². The van der Waals surface area contributed by atoms with Crippen LogP contribution < -0.4 is 5.32 Å². The van der Waals surface area contributed by atoms with Crippen LogP contribution in [-0.4, -0.2) is 55.3 Å². The zero-order chi connectivity index (χ0) is 19.6. The molecule has 6 heteroatoms. The Balaban J connectivity index is 1.60. The molecular formula is C21H28N2O4. The number of carbonyl (C=O) groups is 3. The van der Waals surface area contributed by atoms with Gasteiger partial charge >= 0.3 is 6.03 Å². The second kappa shape index (κ2) is 8.21. The maximum atomic E-state index is 12.9. The molecule has 2 atom stereocenters. The summed E-state index contributed by atoms with van der Waals surface area (Å²) in [5.74, 6) is -0.964. The highest BCUT2D eigenvalue weighted by Crippen LogP contribution is 2.37. The highest BCUT2D eigenvalue weighted by Gasteiger charge is 2.42. The molecule has 1 heterocycles. The number of benzene rings is 1. The van der Waals surface area contributed by atoms with Gasteiger partial charge in [-0.2, -0.15) is 0 Å². The summed E-state index contributed by atoms with van der Waals surface area (Å²) in [5.41, 5.74) is 4.01. The quantitative estimate of drug-likeness (QED) is 0.823. The summed E-state index contributed by atoms with van der Waals surface area (Å²) in [7, 11) is 0. The van der Waals surface area contributed by atoms with E-state index in [0.29, 0.717) is 39.3 Å². The molecule has 6 nitrogen and oxygen atoms in total. The van der Waals surface area contributed by atoms with E-state index >= 15 is 0 Å². The van der Waals surface area contributed by atoms with Crippen molar-refractivity contribution in [3.63, 3.8) is 0 Å². The molecule has 1 aromatic carbocycles. The third-order valence-corrected chi connectivity index (χ3v) is 5.55. The molecule has 1 saturated heterocycles. The normalized spacial score (nSPS) is 23.0. The van der Waals surface area contributed by atoms with Crippen LogP contribution in [0, 0.1) is 26.7 Å². The predicted molar refractivity (Wildman–Crippen MR) is 102 cm³/mol.